The number of aromatic nitrogens is 10. The van der Waals surface area contributed by atoms with Gasteiger partial charge in [0.05, 0.1) is 6.04 Å². The van der Waals surface area contributed by atoms with Crippen LogP contribution >= 0.6 is 0 Å². The molecule has 2 atom stereocenters. The number of fused-ring (bicyclic) bond motifs is 5. The van der Waals surface area contributed by atoms with Crippen molar-refractivity contribution in [3.8, 4) is 0 Å². The topological polar surface area (TPSA) is 502 Å². The predicted molar refractivity (Wildman–Crippen MR) is 526 cm³/mol. The van der Waals surface area contributed by atoms with Gasteiger partial charge in [0.2, 0.25) is 23.6 Å². The van der Waals surface area contributed by atoms with Crippen molar-refractivity contribution in [3.63, 3.8) is 0 Å². The van der Waals surface area contributed by atoms with Gasteiger partial charge in [-0.25, -0.2) is 59.4 Å². The molecule has 736 valence electrons. The minimum absolute atomic E-state index is 0.0123. The fourth-order valence-corrected chi connectivity index (χ4v) is 18.5. The summed E-state index contributed by atoms with van der Waals surface area (Å²) in [5.74, 6) is -2.94. The summed E-state index contributed by atoms with van der Waals surface area (Å²) in [4.78, 5) is 194. The van der Waals surface area contributed by atoms with Crippen LogP contribution in [0.3, 0.4) is 0 Å². The van der Waals surface area contributed by atoms with Crippen LogP contribution in [-0.4, -0.2) is 209 Å². The van der Waals surface area contributed by atoms with Gasteiger partial charge in [0, 0.05) is 130 Å². The monoisotopic (exact) mass is 1920 g/mol. The van der Waals surface area contributed by atoms with Crippen molar-refractivity contribution in [1.29, 1.82) is 0 Å². The van der Waals surface area contributed by atoms with E-state index in [1.165, 1.54) is 123 Å². The van der Waals surface area contributed by atoms with E-state index in [1.807, 2.05) is 100 Å². The largest absolute Gasteiger partial charge is 0.481 e. The maximum absolute atomic E-state index is 13.2. The molecule has 0 spiro atoms. The van der Waals surface area contributed by atoms with Crippen LogP contribution in [0.1, 0.15) is 234 Å². The molecule has 7 heterocycles. The van der Waals surface area contributed by atoms with Gasteiger partial charge in [-0.15, -0.1) is 0 Å². The van der Waals surface area contributed by atoms with Gasteiger partial charge in [-0.1, -0.05) is 134 Å². The number of nitrogens with zero attached hydrogens (tertiary/aromatic N) is 12. The Labute approximate surface area is 817 Å². The average molecular weight is 1920 g/mol. The third kappa shape index (κ3) is 28.1. The van der Waals surface area contributed by atoms with E-state index in [9.17, 15) is 57.5 Å². The molecule has 0 radical (unpaired) electrons. The van der Waals surface area contributed by atoms with Gasteiger partial charge < -0.3 is 67.9 Å². The maximum Gasteiger partial charge on any atom is 0.410 e. The Kier molecular flexibility index (Phi) is 34.8. The molecule has 3 fully saturated rings. The summed E-state index contributed by atoms with van der Waals surface area (Å²) >= 11 is 0. The Hall–Kier alpha value is -15.3. The number of rotatable bonds is 24. The Morgan fingerprint density at radius 3 is 0.979 bits per heavy atom. The molecule has 1 saturated carbocycles. The summed E-state index contributed by atoms with van der Waals surface area (Å²) in [6.07, 6.45) is 29.7. The summed E-state index contributed by atoms with van der Waals surface area (Å²) in [5.41, 5.74) is 12.3. The van der Waals surface area contributed by atoms with Crippen LogP contribution in [-0.2, 0) is 92.9 Å². The zero-order chi connectivity index (χ0) is 99.6. The fraction of sp³-hybridized carbons (Fsp3) is 0.404. The molecule has 12 N–H and O–H groups in total. The lowest BCUT2D eigenvalue weighted by molar-refractivity contribution is -0.137. The first-order valence-electron chi connectivity index (χ1n) is 48.2. The highest BCUT2D eigenvalue weighted by atomic mass is 16.6. The first-order chi connectivity index (χ1) is 68.0. The Morgan fingerprint density at radius 2 is 0.681 bits per heavy atom. The molecule has 2 unspecified atom stereocenters. The third-order valence-electron chi connectivity index (χ3n) is 25.4. The van der Waals surface area contributed by atoms with Crippen molar-refractivity contribution in [2.75, 3.05) is 39.7 Å². The summed E-state index contributed by atoms with van der Waals surface area (Å²) in [6.45, 7) is 14.4. The molecule has 10 aromatic rings. The number of carbonyl (C=O) groups excluding carboxylic acids is 11. The van der Waals surface area contributed by atoms with Crippen molar-refractivity contribution in [2.24, 2.45) is 5.92 Å². The van der Waals surface area contributed by atoms with Crippen molar-refractivity contribution in [3.05, 3.63) is 267 Å². The number of amides is 12. The number of likely N-dealkylation sites (tertiary alicyclic amines) is 1. The lowest BCUT2D eigenvalue weighted by atomic mass is 9.85. The number of piperidine rings is 2. The molecule has 6 aliphatic carbocycles. The molecular formula is C104H121N23O14. The van der Waals surface area contributed by atoms with E-state index in [1.54, 1.807) is 25.7 Å². The summed E-state index contributed by atoms with van der Waals surface area (Å²) in [6, 6.07) is 39.6. The fourth-order valence-electron chi connectivity index (χ4n) is 18.5. The van der Waals surface area contributed by atoms with E-state index in [-0.39, 0.29) is 167 Å². The molecule has 141 heavy (non-hydrogen) atoms. The van der Waals surface area contributed by atoms with Gasteiger partial charge in [0.25, 0.3) is 29.5 Å². The third-order valence-corrected chi connectivity index (χ3v) is 25.4. The van der Waals surface area contributed by atoms with Crippen LogP contribution in [0.2, 0.25) is 0 Å². The van der Waals surface area contributed by atoms with E-state index >= 15 is 0 Å². The molecule has 37 heteroatoms. The second-order valence-electron chi connectivity index (χ2n) is 37.6. The molecular weight excluding hydrogens is 1800 g/mol. The smallest absolute Gasteiger partial charge is 0.410 e. The number of carboxylic acid groups (broad SMARTS) is 1. The molecule has 12 amide bonds. The van der Waals surface area contributed by atoms with E-state index < -0.39 is 47.3 Å². The van der Waals surface area contributed by atoms with Crippen molar-refractivity contribution >= 4 is 100 Å². The number of carbonyl (C=O) groups is 12. The molecule has 5 aromatic carbocycles. The first-order valence-corrected chi connectivity index (χ1v) is 48.2. The van der Waals surface area contributed by atoms with Gasteiger partial charge in [0.15, 0.2) is 57.6 Å². The van der Waals surface area contributed by atoms with Gasteiger partial charge >= 0.3 is 18.1 Å². The summed E-state index contributed by atoms with van der Waals surface area (Å²) in [5, 5.41) is 40.4. The van der Waals surface area contributed by atoms with Gasteiger partial charge in [-0.05, 0) is 226 Å². The standard InChI is InChI=1S/C25H31N5O4.C21H27N5O2.C20H23N5O2.C19H20N4O4.C19H20N4O2/c1-25(2,3)34-24(33)30-13-7-6-10-19(30)22(31)29-21-20(26-11-12-27-21)23(32)28-18-14-16-8-4-5-9-17(16)15-18;1-13(2)26(14(3)4)21(28)25-19-18(22-9-10-23-19)20(27)24-17-11-15-7-5-6-8-16(15)12-17;26-19(16-7-3-4-8-21-16)25-18-17(22-9-10-23-18)20(27)24-15-11-13-5-1-2-6-14(13)12-15;24-15(6-3-7-16(25)26)23-18-17(20-8-9-21-18)19(27)22-14-10-12-4-1-2-5-13(12)11-14;24-18(12-6-3-7-12)23-17-16(20-8-9-21-17)19(25)22-15-10-13-4-1-2-5-14(13)11-15/h4-5,8-9,11-12,18-19H,6-7,10,13-15H2,1-3H3,(H,28,32)(H,27,29,31);5-10,13-14,17H,11-12H2,1-4H3,(H,24,27)(H,23,25,28);1-2,5-6,9-10,15-16,21H,3-4,7-8,11-12H2,(H,24,27)(H,23,25,26);1-2,4-5,8-9,14H,3,6-7,10-11H2,(H,22,27)(H,25,26)(H,21,23,24);1-2,4-5,8-9,12,15H,3,6-7,10-11H2,(H,22,25)(H,21,23,24). The van der Waals surface area contributed by atoms with Crippen LogP contribution in [0, 0.1) is 5.92 Å². The van der Waals surface area contributed by atoms with Gasteiger partial charge in [-0.3, -0.25) is 58.2 Å². The Morgan fingerprint density at radius 1 is 0.376 bits per heavy atom. The molecule has 18 rings (SSSR count). The van der Waals surface area contributed by atoms with Crippen LogP contribution in [0.15, 0.2) is 183 Å². The highest BCUT2D eigenvalue weighted by Crippen LogP contribution is 2.32. The lowest BCUT2D eigenvalue weighted by Gasteiger charge is -2.35. The van der Waals surface area contributed by atoms with Crippen LogP contribution < -0.4 is 58.5 Å². The minimum atomic E-state index is -0.958. The van der Waals surface area contributed by atoms with Crippen LogP contribution in [0.5, 0.6) is 0 Å². The van der Waals surface area contributed by atoms with E-state index in [2.05, 4.69) is 157 Å². The molecule has 37 nitrogen and oxygen atoms in total. The number of anilines is 5. The highest BCUT2D eigenvalue weighted by molar-refractivity contribution is 6.06. The van der Waals surface area contributed by atoms with E-state index in [0.29, 0.717) is 13.0 Å². The van der Waals surface area contributed by atoms with E-state index in [4.69, 9.17) is 9.84 Å². The predicted octanol–water partition coefficient (Wildman–Crippen LogP) is 11.3. The number of carboxylic acids is 1. The van der Waals surface area contributed by atoms with Crippen molar-refractivity contribution < 1.29 is 67.4 Å². The number of benzene rings is 5. The van der Waals surface area contributed by atoms with E-state index in [0.717, 1.165) is 122 Å². The number of nitrogens with one attached hydrogen (secondary N) is 11. The molecule has 2 aliphatic heterocycles. The zero-order valence-corrected chi connectivity index (χ0v) is 80.2. The van der Waals surface area contributed by atoms with Crippen molar-refractivity contribution in [1.82, 2.24) is 91.5 Å². The molecule has 8 aliphatic rings. The number of urea groups is 1. The normalized spacial score (nSPS) is 16.2. The summed E-state index contributed by atoms with van der Waals surface area (Å²) in [7, 11) is 0. The quantitative estimate of drug-likeness (QED) is 0.0267. The second-order valence-corrected chi connectivity index (χ2v) is 37.6. The average Bonchev–Trinajstić information content (AvgIpc) is 1.56. The minimum Gasteiger partial charge on any atom is -0.481 e. The van der Waals surface area contributed by atoms with Crippen molar-refractivity contribution in [2.45, 2.75) is 250 Å². The van der Waals surface area contributed by atoms with Gasteiger partial charge in [0.1, 0.15) is 11.6 Å². The highest BCUT2D eigenvalue weighted by Gasteiger charge is 2.39. The zero-order valence-electron chi connectivity index (χ0n) is 80.2. The SMILES string of the molecule is CC(C)(C)OC(=O)N1CCCCC1C(=O)Nc1nccnc1C(=O)NC1Cc2ccccc2C1.CC(C)N(C(=O)Nc1nccnc1C(=O)NC1Cc2ccccc2C1)C(C)C.O=C(NC1Cc2ccccc2C1)c1nccnc1NC(=O)C1CCC1.O=C(NC1Cc2ccccc2C1)c1nccnc1NC(=O)C1CCCCN1.O=C(O)CCCC(=O)Nc1nccnc1C(=O)NC1Cc2ccccc2C1. The van der Waals surface area contributed by atoms with Crippen LogP contribution in [0.4, 0.5) is 38.7 Å². The molecule has 5 aromatic heterocycles. The summed E-state index contributed by atoms with van der Waals surface area (Å²) < 4.78 is 5.49. The lowest BCUT2D eigenvalue weighted by Crippen LogP contribution is -2.51. The molecule has 2 saturated heterocycles. The van der Waals surface area contributed by atoms with Crippen LogP contribution in [0.25, 0.3) is 0 Å². The second kappa shape index (κ2) is 48.3. The number of hydrogen-bond donors (Lipinski definition) is 12. The Balaban J connectivity index is 0.000000141. The first kappa shape index (κ1) is 102. The number of aliphatic carboxylic acids is 1. The molecule has 0 bridgehead atoms. The number of hydrogen-bond acceptors (Lipinski definition) is 24. The Bertz CT molecular complexity index is 6050. The van der Waals surface area contributed by atoms with Gasteiger partial charge in [-0.2, -0.15) is 0 Å². The maximum atomic E-state index is 13.2. The number of ether oxygens (including phenoxy) is 1.